The van der Waals surface area contributed by atoms with Gasteiger partial charge in [-0.2, -0.15) is 0 Å². The zero-order valence-electron chi connectivity index (χ0n) is 11.7. The summed E-state index contributed by atoms with van der Waals surface area (Å²) in [6, 6.07) is 3.71. The molecule has 106 valence electrons. The molecule has 1 fully saturated rings. The predicted molar refractivity (Wildman–Crippen MR) is 79.5 cm³/mol. The van der Waals surface area contributed by atoms with E-state index in [1.807, 2.05) is 17.0 Å². The molecule has 1 saturated heterocycles. The van der Waals surface area contributed by atoms with E-state index in [9.17, 15) is 4.79 Å². The van der Waals surface area contributed by atoms with E-state index in [2.05, 4.69) is 22.5 Å². The molecule has 1 aromatic heterocycles. The summed E-state index contributed by atoms with van der Waals surface area (Å²) >= 11 is 0. The minimum atomic E-state index is 0.00614. The van der Waals surface area contributed by atoms with Gasteiger partial charge in [0.2, 0.25) is 0 Å². The summed E-state index contributed by atoms with van der Waals surface area (Å²) in [6.45, 7) is 1.74. The second kappa shape index (κ2) is 5.65. The van der Waals surface area contributed by atoms with Gasteiger partial charge >= 0.3 is 6.03 Å². The van der Waals surface area contributed by atoms with Crippen molar-refractivity contribution in [1.29, 1.82) is 0 Å². The highest BCUT2D eigenvalue weighted by atomic mass is 16.2. The van der Waals surface area contributed by atoms with Crippen LogP contribution in [0.1, 0.15) is 32.1 Å². The molecule has 0 saturated carbocycles. The maximum absolute atomic E-state index is 12.4. The van der Waals surface area contributed by atoms with E-state index in [0.717, 1.165) is 38.0 Å². The summed E-state index contributed by atoms with van der Waals surface area (Å²) < 4.78 is 0. The molecule has 4 heteroatoms. The van der Waals surface area contributed by atoms with Crippen molar-refractivity contribution in [3.63, 3.8) is 0 Å². The zero-order valence-corrected chi connectivity index (χ0v) is 11.7. The van der Waals surface area contributed by atoms with Crippen molar-refractivity contribution in [3.05, 3.63) is 36.7 Å². The average molecular weight is 271 g/mol. The molecular weight excluding hydrogens is 250 g/mol. The first-order valence-corrected chi connectivity index (χ1v) is 7.38. The Morgan fingerprint density at radius 3 is 3.05 bits per heavy atom. The van der Waals surface area contributed by atoms with Crippen LogP contribution in [0.25, 0.3) is 0 Å². The van der Waals surface area contributed by atoms with Gasteiger partial charge in [0.1, 0.15) is 0 Å². The van der Waals surface area contributed by atoms with E-state index in [1.54, 1.807) is 12.4 Å². The molecule has 1 aromatic rings. The summed E-state index contributed by atoms with van der Waals surface area (Å²) in [5.41, 5.74) is 1.08. The number of anilines is 1. The van der Waals surface area contributed by atoms with E-state index in [-0.39, 0.29) is 6.03 Å². The van der Waals surface area contributed by atoms with Gasteiger partial charge < -0.3 is 10.2 Å². The van der Waals surface area contributed by atoms with E-state index >= 15 is 0 Å². The minimum absolute atomic E-state index is 0.00614. The number of aromatic nitrogens is 1. The van der Waals surface area contributed by atoms with Gasteiger partial charge in [-0.3, -0.25) is 4.98 Å². The second-order valence-corrected chi connectivity index (χ2v) is 5.91. The monoisotopic (exact) mass is 271 g/mol. The van der Waals surface area contributed by atoms with Crippen molar-refractivity contribution in [1.82, 2.24) is 9.88 Å². The number of rotatable bonds is 1. The lowest BCUT2D eigenvalue weighted by molar-refractivity contribution is 0.102. The lowest BCUT2D eigenvalue weighted by atomic mass is 9.71. The summed E-state index contributed by atoms with van der Waals surface area (Å²) in [4.78, 5) is 18.4. The normalized spacial score (nSPS) is 25.7. The zero-order chi connectivity index (χ0) is 13.8. The highest BCUT2D eigenvalue weighted by molar-refractivity contribution is 5.89. The summed E-state index contributed by atoms with van der Waals surface area (Å²) in [5.74, 6) is 0. The number of nitrogens with zero attached hydrogens (tertiary/aromatic N) is 2. The van der Waals surface area contributed by atoms with Crippen molar-refractivity contribution < 1.29 is 4.79 Å². The SMILES string of the molecule is O=C(Nc1cccnc1)N1CCC[C@]2(CC=CCC2)C1. The molecule has 1 aliphatic carbocycles. The molecule has 0 aromatic carbocycles. The first kappa shape index (κ1) is 13.2. The van der Waals surface area contributed by atoms with Crippen LogP contribution in [0.4, 0.5) is 10.5 Å². The Morgan fingerprint density at radius 2 is 2.30 bits per heavy atom. The molecule has 20 heavy (non-hydrogen) atoms. The van der Waals surface area contributed by atoms with Crippen LogP contribution in [0.2, 0.25) is 0 Å². The third-order valence-corrected chi connectivity index (χ3v) is 4.42. The van der Waals surface area contributed by atoms with E-state index < -0.39 is 0 Å². The van der Waals surface area contributed by atoms with Crippen LogP contribution < -0.4 is 5.32 Å². The highest BCUT2D eigenvalue weighted by Gasteiger charge is 2.36. The first-order chi connectivity index (χ1) is 9.77. The smallest absolute Gasteiger partial charge is 0.321 e. The lowest BCUT2D eigenvalue weighted by Gasteiger charge is -2.43. The summed E-state index contributed by atoms with van der Waals surface area (Å²) in [5, 5.41) is 2.94. The third-order valence-electron chi connectivity index (χ3n) is 4.42. The Kier molecular flexibility index (Phi) is 3.72. The molecule has 2 amide bonds. The third kappa shape index (κ3) is 2.84. The molecule has 2 aliphatic rings. The van der Waals surface area contributed by atoms with Crippen LogP contribution in [0, 0.1) is 5.41 Å². The fourth-order valence-electron chi connectivity index (χ4n) is 3.33. The predicted octanol–water partition coefficient (Wildman–Crippen LogP) is 3.44. The van der Waals surface area contributed by atoms with Gasteiger partial charge in [-0.05, 0) is 49.7 Å². The minimum Gasteiger partial charge on any atom is -0.324 e. The Morgan fingerprint density at radius 1 is 1.35 bits per heavy atom. The number of hydrogen-bond donors (Lipinski definition) is 1. The quantitative estimate of drug-likeness (QED) is 0.795. The number of nitrogens with one attached hydrogen (secondary N) is 1. The largest absolute Gasteiger partial charge is 0.324 e. The van der Waals surface area contributed by atoms with Crippen molar-refractivity contribution in [2.24, 2.45) is 5.41 Å². The van der Waals surface area contributed by atoms with Crippen LogP contribution in [0.5, 0.6) is 0 Å². The first-order valence-electron chi connectivity index (χ1n) is 7.38. The molecule has 1 atom stereocenters. The summed E-state index contributed by atoms with van der Waals surface area (Å²) in [7, 11) is 0. The van der Waals surface area contributed by atoms with Crippen LogP contribution >= 0.6 is 0 Å². The number of likely N-dealkylation sites (tertiary alicyclic amines) is 1. The number of pyridine rings is 1. The molecule has 0 unspecified atom stereocenters. The topological polar surface area (TPSA) is 45.2 Å². The van der Waals surface area contributed by atoms with Crippen molar-refractivity contribution >= 4 is 11.7 Å². The lowest BCUT2D eigenvalue weighted by Crippen LogP contribution is -2.48. The Bertz CT molecular complexity index is 500. The Balaban J connectivity index is 1.64. The van der Waals surface area contributed by atoms with Gasteiger partial charge in [-0.1, -0.05) is 12.2 Å². The molecule has 0 bridgehead atoms. The number of piperidine rings is 1. The van der Waals surface area contributed by atoms with Gasteiger partial charge in [0.05, 0.1) is 11.9 Å². The highest BCUT2D eigenvalue weighted by Crippen LogP contribution is 2.40. The van der Waals surface area contributed by atoms with Gasteiger partial charge in [0.25, 0.3) is 0 Å². The van der Waals surface area contributed by atoms with E-state index in [4.69, 9.17) is 0 Å². The number of hydrogen-bond acceptors (Lipinski definition) is 2. The van der Waals surface area contributed by atoms with Gasteiger partial charge in [0, 0.05) is 19.3 Å². The average Bonchev–Trinajstić information content (AvgIpc) is 2.49. The van der Waals surface area contributed by atoms with Crippen LogP contribution in [0.15, 0.2) is 36.7 Å². The number of amides is 2. The molecule has 1 aliphatic heterocycles. The summed E-state index contributed by atoms with van der Waals surface area (Å²) in [6.07, 6.45) is 13.8. The van der Waals surface area contributed by atoms with Crippen molar-refractivity contribution in [2.45, 2.75) is 32.1 Å². The number of allylic oxidation sites excluding steroid dienone is 2. The Hall–Kier alpha value is -1.84. The molecule has 1 N–H and O–H groups in total. The van der Waals surface area contributed by atoms with Gasteiger partial charge in [-0.15, -0.1) is 0 Å². The van der Waals surface area contributed by atoms with Crippen LogP contribution in [-0.4, -0.2) is 29.0 Å². The maximum Gasteiger partial charge on any atom is 0.321 e. The number of carbonyl (C=O) groups excluding carboxylic acids is 1. The van der Waals surface area contributed by atoms with Crippen LogP contribution in [-0.2, 0) is 0 Å². The van der Waals surface area contributed by atoms with E-state index in [0.29, 0.717) is 5.41 Å². The van der Waals surface area contributed by atoms with Gasteiger partial charge in [0.15, 0.2) is 0 Å². The molecule has 3 rings (SSSR count). The van der Waals surface area contributed by atoms with Gasteiger partial charge in [-0.25, -0.2) is 4.79 Å². The molecule has 4 nitrogen and oxygen atoms in total. The second-order valence-electron chi connectivity index (χ2n) is 5.91. The molecule has 2 heterocycles. The molecule has 1 spiro atoms. The van der Waals surface area contributed by atoms with Crippen molar-refractivity contribution in [2.75, 3.05) is 18.4 Å². The standard InChI is InChI=1S/C16H21N3O/c20-15(18-14-6-4-10-17-12-14)19-11-5-9-16(13-19)7-2-1-3-8-16/h1-2,4,6,10,12H,3,5,7-9,11,13H2,(H,18,20)/t16-/m1/s1. The fourth-order valence-corrected chi connectivity index (χ4v) is 3.33. The Labute approximate surface area is 119 Å². The number of urea groups is 1. The van der Waals surface area contributed by atoms with Crippen LogP contribution in [0.3, 0.4) is 0 Å². The van der Waals surface area contributed by atoms with E-state index in [1.165, 1.54) is 12.8 Å². The molecule has 0 radical (unpaired) electrons. The maximum atomic E-state index is 12.4. The van der Waals surface area contributed by atoms with Crippen molar-refractivity contribution in [3.8, 4) is 0 Å². The number of carbonyl (C=O) groups is 1. The molecular formula is C16H21N3O. The fraction of sp³-hybridized carbons (Fsp3) is 0.500.